The average Bonchev–Trinajstić information content (AvgIpc) is 3.13. The number of hydrogen-bond acceptors (Lipinski definition) is 5. The van der Waals surface area contributed by atoms with Gasteiger partial charge < -0.3 is 14.8 Å². The molecule has 2 aliphatic heterocycles. The number of carbonyl (C=O) groups is 2. The lowest BCUT2D eigenvalue weighted by atomic mass is 10.2. The molecule has 0 spiro atoms. The highest BCUT2D eigenvalue weighted by Crippen LogP contribution is 2.22. The van der Waals surface area contributed by atoms with Gasteiger partial charge >= 0.3 is 12.2 Å². The van der Waals surface area contributed by atoms with Gasteiger partial charge in [0.15, 0.2) is 0 Å². The maximum Gasteiger partial charge on any atom is 0.414 e. The van der Waals surface area contributed by atoms with E-state index in [1.54, 1.807) is 4.90 Å². The number of nitrogens with one attached hydrogen (secondary N) is 1. The van der Waals surface area contributed by atoms with Gasteiger partial charge in [0.2, 0.25) is 0 Å². The molecular formula is C19H27N3O4. The van der Waals surface area contributed by atoms with Gasteiger partial charge in [-0.1, -0.05) is 18.2 Å². The number of carbonyl (C=O) groups excluding carboxylic acids is 2. The number of para-hydroxylation sites is 1. The third-order valence-corrected chi connectivity index (χ3v) is 4.40. The van der Waals surface area contributed by atoms with Gasteiger partial charge in [0, 0.05) is 31.4 Å². The molecule has 0 bridgehead atoms. The number of benzene rings is 1. The monoisotopic (exact) mass is 361 g/mol. The van der Waals surface area contributed by atoms with E-state index in [-0.39, 0.29) is 24.3 Å². The number of nitrogens with zero attached hydrogens (tertiary/aromatic N) is 2. The lowest BCUT2D eigenvalue weighted by Gasteiger charge is -2.22. The van der Waals surface area contributed by atoms with Crippen molar-refractivity contribution in [2.75, 3.05) is 31.1 Å². The summed E-state index contributed by atoms with van der Waals surface area (Å²) in [5, 5.41) is 2.91. The zero-order valence-corrected chi connectivity index (χ0v) is 15.6. The molecular weight excluding hydrogens is 334 g/mol. The molecule has 2 aliphatic rings. The third kappa shape index (κ3) is 4.88. The number of anilines is 1. The van der Waals surface area contributed by atoms with E-state index in [0.29, 0.717) is 13.1 Å². The van der Waals surface area contributed by atoms with Gasteiger partial charge in [-0.25, -0.2) is 9.59 Å². The average molecular weight is 361 g/mol. The summed E-state index contributed by atoms with van der Waals surface area (Å²) in [4.78, 5) is 27.9. The predicted molar refractivity (Wildman–Crippen MR) is 98.3 cm³/mol. The van der Waals surface area contributed by atoms with Gasteiger partial charge in [0.25, 0.3) is 0 Å². The van der Waals surface area contributed by atoms with E-state index in [1.165, 1.54) is 0 Å². The molecule has 0 aromatic heterocycles. The maximum atomic E-state index is 12.1. The van der Waals surface area contributed by atoms with Gasteiger partial charge in [0.1, 0.15) is 11.7 Å². The topological polar surface area (TPSA) is 71.1 Å². The van der Waals surface area contributed by atoms with Crippen LogP contribution in [0.3, 0.4) is 0 Å². The Morgan fingerprint density at radius 1 is 1.27 bits per heavy atom. The van der Waals surface area contributed by atoms with E-state index >= 15 is 0 Å². The van der Waals surface area contributed by atoms with Crippen LogP contribution in [0.1, 0.15) is 27.2 Å². The number of cyclic esters (lactones) is 1. The Labute approximate surface area is 154 Å². The number of rotatable bonds is 4. The van der Waals surface area contributed by atoms with Gasteiger partial charge in [-0.15, -0.1) is 0 Å². The molecule has 3 rings (SSSR count). The van der Waals surface area contributed by atoms with Gasteiger partial charge in [-0.05, 0) is 39.3 Å². The van der Waals surface area contributed by atoms with Crippen LogP contribution in [0.2, 0.25) is 0 Å². The number of ether oxygens (including phenoxy) is 2. The predicted octanol–water partition coefficient (Wildman–Crippen LogP) is 2.61. The molecule has 0 radical (unpaired) electrons. The van der Waals surface area contributed by atoms with Crippen LogP contribution in [0.15, 0.2) is 30.3 Å². The summed E-state index contributed by atoms with van der Waals surface area (Å²) in [7, 11) is 0. The Hall–Kier alpha value is -2.28. The molecule has 2 fully saturated rings. The molecule has 142 valence electrons. The first-order valence-electron chi connectivity index (χ1n) is 9.05. The van der Waals surface area contributed by atoms with Crippen LogP contribution >= 0.6 is 0 Å². The lowest BCUT2D eigenvalue weighted by Crippen LogP contribution is -2.41. The molecule has 1 aromatic rings. The van der Waals surface area contributed by atoms with E-state index in [4.69, 9.17) is 9.47 Å². The number of hydrogen-bond donors (Lipinski definition) is 1. The Bertz CT molecular complexity index is 644. The van der Waals surface area contributed by atoms with E-state index in [1.807, 2.05) is 51.1 Å². The van der Waals surface area contributed by atoms with Crippen molar-refractivity contribution in [1.82, 2.24) is 10.2 Å². The summed E-state index contributed by atoms with van der Waals surface area (Å²) in [6, 6.07) is 9.60. The quantitative estimate of drug-likeness (QED) is 0.893. The molecule has 2 amide bonds. The standard InChI is InChI=1S/C19H27N3O4/c1-19(2,3)26-17(23)20-14-9-10-21(11-14)12-16-13-22(18(24)25-16)15-7-5-4-6-8-15/h4-8,14,16H,9-13H2,1-3H3,(H,20,23)/t14-,16+/m1/s1. The molecule has 2 saturated heterocycles. The molecule has 7 nitrogen and oxygen atoms in total. The maximum absolute atomic E-state index is 12.1. The molecule has 26 heavy (non-hydrogen) atoms. The highest BCUT2D eigenvalue weighted by Gasteiger charge is 2.35. The summed E-state index contributed by atoms with van der Waals surface area (Å²) in [5.74, 6) is 0. The van der Waals surface area contributed by atoms with Crippen LogP contribution in [0, 0.1) is 0 Å². The minimum Gasteiger partial charge on any atom is -0.444 e. The smallest absolute Gasteiger partial charge is 0.414 e. The first kappa shape index (κ1) is 18.5. The van der Waals surface area contributed by atoms with Crippen LogP contribution < -0.4 is 10.2 Å². The van der Waals surface area contributed by atoms with Crippen molar-refractivity contribution in [2.24, 2.45) is 0 Å². The number of amides is 2. The second-order valence-electron chi connectivity index (χ2n) is 7.84. The first-order chi connectivity index (χ1) is 12.3. The minimum absolute atomic E-state index is 0.0622. The zero-order chi connectivity index (χ0) is 18.7. The fourth-order valence-corrected chi connectivity index (χ4v) is 3.31. The Morgan fingerprint density at radius 3 is 2.69 bits per heavy atom. The lowest BCUT2D eigenvalue weighted by molar-refractivity contribution is 0.0505. The van der Waals surface area contributed by atoms with Crippen molar-refractivity contribution in [3.05, 3.63) is 30.3 Å². The van der Waals surface area contributed by atoms with Gasteiger partial charge in [0.05, 0.1) is 6.54 Å². The Morgan fingerprint density at radius 2 is 2.00 bits per heavy atom. The fourth-order valence-electron chi connectivity index (χ4n) is 3.31. The highest BCUT2D eigenvalue weighted by molar-refractivity contribution is 5.89. The van der Waals surface area contributed by atoms with E-state index in [9.17, 15) is 9.59 Å². The molecule has 7 heteroatoms. The van der Waals surface area contributed by atoms with Crippen LogP contribution in [0.5, 0.6) is 0 Å². The van der Waals surface area contributed by atoms with E-state index < -0.39 is 5.60 Å². The summed E-state index contributed by atoms with van der Waals surface area (Å²) >= 11 is 0. The highest BCUT2D eigenvalue weighted by atomic mass is 16.6. The van der Waals surface area contributed by atoms with Crippen molar-refractivity contribution in [3.63, 3.8) is 0 Å². The van der Waals surface area contributed by atoms with Crippen molar-refractivity contribution < 1.29 is 19.1 Å². The van der Waals surface area contributed by atoms with E-state index in [2.05, 4.69) is 10.2 Å². The third-order valence-electron chi connectivity index (χ3n) is 4.40. The summed E-state index contributed by atoms with van der Waals surface area (Å²) < 4.78 is 10.8. The van der Waals surface area contributed by atoms with Crippen LogP contribution in [-0.2, 0) is 9.47 Å². The molecule has 0 aliphatic carbocycles. The summed E-state index contributed by atoms with van der Waals surface area (Å²) in [5.41, 5.74) is 0.354. The molecule has 1 aromatic carbocycles. The molecule has 0 unspecified atom stereocenters. The second-order valence-corrected chi connectivity index (χ2v) is 7.84. The number of alkyl carbamates (subject to hydrolysis) is 1. The Kier molecular flexibility index (Phi) is 5.36. The van der Waals surface area contributed by atoms with Crippen LogP contribution in [-0.4, -0.2) is 61.0 Å². The van der Waals surface area contributed by atoms with Crippen molar-refractivity contribution in [3.8, 4) is 0 Å². The van der Waals surface area contributed by atoms with Crippen molar-refractivity contribution >= 4 is 17.9 Å². The summed E-state index contributed by atoms with van der Waals surface area (Å²) in [6.07, 6.45) is 0.0150. The van der Waals surface area contributed by atoms with Crippen molar-refractivity contribution in [2.45, 2.75) is 44.9 Å². The molecule has 2 atom stereocenters. The Balaban J connectivity index is 1.46. The van der Waals surface area contributed by atoms with Crippen LogP contribution in [0.4, 0.5) is 15.3 Å². The number of likely N-dealkylation sites (tertiary alicyclic amines) is 1. The summed E-state index contributed by atoms with van der Waals surface area (Å²) in [6.45, 7) is 8.35. The molecule has 2 heterocycles. The minimum atomic E-state index is -0.499. The molecule has 0 saturated carbocycles. The normalized spacial score (nSPS) is 23.8. The SMILES string of the molecule is CC(C)(C)OC(=O)N[C@@H]1CCN(C[C@H]2CN(c3ccccc3)C(=O)O2)C1. The van der Waals surface area contributed by atoms with Gasteiger partial charge in [-0.3, -0.25) is 9.80 Å². The second kappa shape index (κ2) is 7.53. The zero-order valence-electron chi connectivity index (χ0n) is 15.6. The fraction of sp³-hybridized carbons (Fsp3) is 0.579. The van der Waals surface area contributed by atoms with Crippen LogP contribution in [0.25, 0.3) is 0 Å². The van der Waals surface area contributed by atoms with Gasteiger partial charge in [-0.2, -0.15) is 0 Å². The first-order valence-corrected chi connectivity index (χ1v) is 9.05. The van der Waals surface area contributed by atoms with Crippen molar-refractivity contribution in [1.29, 1.82) is 0 Å². The van der Waals surface area contributed by atoms with E-state index in [0.717, 1.165) is 25.2 Å². The largest absolute Gasteiger partial charge is 0.444 e. The molecule has 1 N–H and O–H groups in total.